The molecule has 1 unspecified atom stereocenters. The maximum atomic E-state index is 12.1. The molecule has 0 aromatic carbocycles. The third-order valence-corrected chi connectivity index (χ3v) is 5.20. The van der Waals surface area contributed by atoms with Crippen LogP contribution in [0.5, 0.6) is 0 Å². The topological polar surface area (TPSA) is 57.6 Å². The summed E-state index contributed by atoms with van der Waals surface area (Å²) in [5.41, 5.74) is 0. The van der Waals surface area contributed by atoms with Crippen molar-refractivity contribution in [2.75, 3.05) is 13.1 Å². The number of nitrogens with zero attached hydrogens (tertiary/aromatic N) is 1. The molecule has 4 nitrogen and oxygen atoms in total. The Kier molecular flexibility index (Phi) is 17.2. The summed E-state index contributed by atoms with van der Waals surface area (Å²) >= 11 is 0. The van der Waals surface area contributed by atoms with Crippen molar-refractivity contribution < 1.29 is 14.7 Å². The number of carboxylic acids is 1. The SMILES string of the molecule is CCCCCCCCC/C=C/CCCCC(CC(=O)N(CC)CC)C(=O)O. The first-order valence-corrected chi connectivity index (χ1v) is 11.2. The van der Waals surface area contributed by atoms with Crippen LogP contribution in [0.1, 0.15) is 104 Å². The fourth-order valence-electron chi connectivity index (χ4n) is 3.34. The van der Waals surface area contributed by atoms with Gasteiger partial charge in [-0.15, -0.1) is 0 Å². The van der Waals surface area contributed by atoms with Gasteiger partial charge in [0.25, 0.3) is 0 Å². The molecular formula is C23H43NO3. The number of carbonyl (C=O) groups excluding carboxylic acids is 1. The van der Waals surface area contributed by atoms with Crippen LogP contribution in [0.25, 0.3) is 0 Å². The van der Waals surface area contributed by atoms with Gasteiger partial charge in [-0.1, -0.05) is 64.0 Å². The molecule has 0 aliphatic carbocycles. The van der Waals surface area contributed by atoms with E-state index in [9.17, 15) is 14.7 Å². The first-order valence-electron chi connectivity index (χ1n) is 11.2. The molecule has 27 heavy (non-hydrogen) atoms. The fourth-order valence-corrected chi connectivity index (χ4v) is 3.34. The molecule has 0 bridgehead atoms. The summed E-state index contributed by atoms with van der Waals surface area (Å²) in [7, 11) is 0. The van der Waals surface area contributed by atoms with Gasteiger partial charge in [0, 0.05) is 19.5 Å². The van der Waals surface area contributed by atoms with Crippen LogP contribution >= 0.6 is 0 Å². The van der Waals surface area contributed by atoms with Crippen LogP contribution in [-0.4, -0.2) is 35.0 Å². The van der Waals surface area contributed by atoms with Gasteiger partial charge in [0.1, 0.15) is 0 Å². The van der Waals surface area contributed by atoms with Gasteiger partial charge in [-0.3, -0.25) is 9.59 Å². The number of rotatable bonds is 18. The molecule has 0 aliphatic rings. The van der Waals surface area contributed by atoms with Crippen molar-refractivity contribution >= 4 is 11.9 Å². The lowest BCUT2D eigenvalue weighted by atomic mass is 9.97. The third kappa shape index (κ3) is 14.4. The number of amides is 1. The highest BCUT2D eigenvalue weighted by Crippen LogP contribution is 2.16. The lowest BCUT2D eigenvalue weighted by Gasteiger charge is -2.21. The van der Waals surface area contributed by atoms with Gasteiger partial charge in [-0.05, 0) is 46.0 Å². The molecule has 0 fully saturated rings. The van der Waals surface area contributed by atoms with Gasteiger partial charge in [0.15, 0.2) is 0 Å². The maximum Gasteiger partial charge on any atom is 0.307 e. The zero-order valence-electron chi connectivity index (χ0n) is 18.0. The maximum absolute atomic E-state index is 12.1. The smallest absolute Gasteiger partial charge is 0.307 e. The molecule has 0 aromatic heterocycles. The van der Waals surface area contributed by atoms with Crippen molar-refractivity contribution in [3.8, 4) is 0 Å². The van der Waals surface area contributed by atoms with Gasteiger partial charge >= 0.3 is 5.97 Å². The summed E-state index contributed by atoms with van der Waals surface area (Å²) in [5, 5.41) is 9.36. The van der Waals surface area contributed by atoms with Crippen molar-refractivity contribution in [3.63, 3.8) is 0 Å². The predicted molar refractivity (Wildman–Crippen MR) is 114 cm³/mol. The normalized spacial score (nSPS) is 12.4. The number of aliphatic carboxylic acids is 1. The summed E-state index contributed by atoms with van der Waals surface area (Å²) in [4.78, 5) is 25.2. The standard InChI is InChI=1S/C23H43NO3/c1-4-7-8-9-10-11-12-13-14-15-16-17-18-19-21(23(26)27)20-22(25)24(5-2)6-3/h14-15,21H,4-13,16-20H2,1-3H3,(H,26,27)/b15-14+. The Labute approximate surface area is 167 Å². The van der Waals surface area contributed by atoms with Gasteiger partial charge in [-0.25, -0.2) is 0 Å². The van der Waals surface area contributed by atoms with E-state index in [4.69, 9.17) is 0 Å². The summed E-state index contributed by atoms with van der Waals surface area (Å²) in [5.74, 6) is -1.43. The van der Waals surface area contributed by atoms with Gasteiger partial charge in [0.05, 0.1) is 5.92 Å². The summed E-state index contributed by atoms with van der Waals surface area (Å²) in [6.45, 7) is 7.39. The minimum atomic E-state index is -0.843. The highest BCUT2D eigenvalue weighted by atomic mass is 16.4. The predicted octanol–water partition coefficient (Wildman–Crippen LogP) is 6.20. The highest BCUT2D eigenvalue weighted by molar-refractivity contribution is 5.82. The molecule has 0 heterocycles. The van der Waals surface area contributed by atoms with E-state index >= 15 is 0 Å². The fraction of sp³-hybridized carbons (Fsp3) is 0.826. The van der Waals surface area contributed by atoms with Gasteiger partial charge in [0.2, 0.25) is 5.91 Å². The molecule has 0 saturated carbocycles. The number of hydrogen-bond acceptors (Lipinski definition) is 2. The minimum absolute atomic E-state index is 0.0398. The van der Waals surface area contributed by atoms with E-state index in [1.54, 1.807) is 4.90 Å². The van der Waals surface area contributed by atoms with E-state index < -0.39 is 11.9 Å². The Hall–Kier alpha value is -1.32. The molecule has 0 radical (unpaired) electrons. The summed E-state index contributed by atoms with van der Waals surface area (Å²) < 4.78 is 0. The largest absolute Gasteiger partial charge is 0.481 e. The number of carbonyl (C=O) groups is 2. The second-order valence-corrected chi connectivity index (χ2v) is 7.47. The Balaban J connectivity index is 3.77. The van der Waals surface area contributed by atoms with Crippen LogP contribution in [-0.2, 0) is 9.59 Å². The van der Waals surface area contributed by atoms with Crippen LogP contribution < -0.4 is 0 Å². The van der Waals surface area contributed by atoms with E-state index in [1.807, 2.05) is 13.8 Å². The molecule has 158 valence electrons. The van der Waals surface area contributed by atoms with E-state index in [-0.39, 0.29) is 12.3 Å². The molecular weight excluding hydrogens is 338 g/mol. The number of unbranched alkanes of at least 4 members (excludes halogenated alkanes) is 9. The summed E-state index contributed by atoms with van der Waals surface area (Å²) in [6.07, 6.45) is 18.6. The van der Waals surface area contributed by atoms with E-state index in [1.165, 1.54) is 44.9 Å². The molecule has 0 saturated heterocycles. The number of carboxylic acid groups (broad SMARTS) is 1. The van der Waals surface area contributed by atoms with Crippen molar-refractivity contribution in [1.82, 2.24) is 4.90 Å². The van der Waals surface area contributed by atoms with Crippen LogP contribution in [0, 0.1) is 5.92 Å². The van der Waals surface area contributed by atoms with Crippen LogP contribution in [0.3, 0.4) is 0 Å². The van der Waals surface area contributed by atoms with Gasteiger partial charge in [-0.2, -0.15) is 0 Å². The zero-order chi connectivity index (χ0) is 20.3. The average molecular weight is 382 g/mol. The molecule has 0 spiro atoms. The minimum Gasteiger partial charge on any atom is -0.481 e. The molecule has 0 aromatic rings. The molecule has 4 heteroatoms. The lowest BCUT2D eigenvalue weighted by molar-refractivity contribution is -0.146. The second kappa shape index (κ2) is 18.1. The Morgan fingerprint density at radius 3 is 1.85 bits per heavy atom. The van der Waals surface area contributed by atoms with E-state index in [2.05, 4.69) is 19.1 Å². The van der Waals surface area contributed by atoms with Crippen molar-refractivity contribution in [3.05, 3.63) is 12.2 Å². The van der Waals surface area contributed by atoms with E-state index in [0.717, 1.165) is 25.7 Å². The van der Waals surface area contributed by atoms with Crippen molar-refractivity contribution in [2.24, 2.45) is 5.92 Å². The second-order valence-electron chi connectivity index (χ2n) is 7.47. The number of hydrogen-bond donors (Lipinski definition) is 1. The lowest BCUT2D eigenvalue weighted by Crippen LogP contribution is -2.33. The average Bonchev–Trinajstić information content (AvgIpc) is 2.65. The van der Waals surface area contributed by atoms with Gasteiger partial charge < -0.3 is 10.0 Å². The monoisotopic (exact) mass is 381 g/mol. The van der Waals surface area contributed by atoms with Crippen molar-refractivity contribution in [1.29, 1.82) is 0 Å². The summed E-state index contributed by atoms with van der Waals surface area (Å²) in [6, 6.07) is 0. The molecule has 0 aliphatic heterocycles. The third-order valence-electron chi connectivity index (χ3n) is 5.20. The molecule has 1 N–H and O–H groups in total. The zero-order valence-corrected chi connectivity index (χ0v) is 18.0. The number of allylic oxidation sites excluding steroid dienone is 2. The van der Waals surface area contributed by atoms with Crippen LogP contribution in [0.2, 0.25) is 0 Å². The first kappa shape index (κ1) is 25.7. The first-order chi connectivity index (χ1) is 13.1. The quantitative estimate of drug-likeness (QED) is 0.227. The molecule has 0 rings (SSSR count). The molecule has 1 amide bonds. The van der Waals surface area contributed by atoms with Crippen LogP contribution in [0.15, 0.2) is 12.2 Å². The van der Waals surface area contributed by atoms with E-state index in [0.29, 0.717) is 19.5 Å². The van der Waals surface area contributed by atoms with Crippen LogP contribution in [0.4, 0.5) is 0 Å². The molecule has 1 atom stereocenters. The van der Waals surface area contributed by atoms with Crippen molar-refractivity contribution in [2.45, 2.75) is 104 Å². The Morgan fingerprint density at radius 2 is 1.33 bits per heavy atom. The Bertz CT molecular complexity index is 402. The Morgan fingerprint density at radius 1 is 0.815 bits per heavy atom. The highest BCUT2D eigenvalue weighted by Gasteiger charge is 2.22.